The molecule has 3 rings (SSSR count). The first-order chi connectivity index (χ1) is 12.3. The van der Waals surface area contributed by atoms with Crippen molar-refractivity contribution in [3.63, 3.8) is 0 Å². The molecule has 1 unspecified atom stereocenters. The number of hydrogen-bond donors (Lipinski definition) is 2. The number of urea groups is 1. The van der Waals surface area contributed by atoms with Gasteiger partial charge < -0.3 is 14.8 Å². The van der Waals surface area contributed by atoms with Crippen molar-refractivity contribution in [1.82, 2.24) is 20.8 Å². The number of nitrogens with zero attached hydrogens (tertiary/aromatic N) is 2. The molecular formula is C14H23N4NaO7S. The Hall–Kier alpha value is -0.470. The Bertz CT molecular complexity index is 641. The molecule has 11 nitrogen and oxygen atoms in total. The van der Waals surface area contributed by atoms with Crippen molar-refractivity contribution < 1.29 is 61.2 Å². The van der Waals surface area contributed by atoms with Crippen LogP contribution >= 0.6 is 0 Å². The second-order valence-corrected chi connectivity index (χ2v) is 7.73. The summed E-state index contributed by atoms with van der Waals surface area (Å²) in [6.07, 6.45) is 5.06. The summed E-state index contributed by atoms with van der Waals surface area (Å²) in [6.45, 7) is 1.38. The quantitative estimate of drug-likeness (QED) is 0.195. The summed E-state index contributed by atoms with van der Waals surface area (Å²) >= 11 is 0. The van der Waals surface area contributed by atoms with Gasteiger partial charge in [-0.05, 0) is 32.2 Å². The fourth-order valence-electron chi connectivity index (χ4n) is 3.63. The van der Waals surface area contributed by atoms with Crippen LogP contribution in [0, 0.1) is 0 Å². The first-order valence-electron chi connectivity index (χ1n) is 8.75. The molecule has 3 heterocycles. The van der Waals surface area contributed by atoms with E-state index >= 15 is 0 Å². The molecule has 0 aromatic rings. The van der Waals surface area contributed by atoms with E-state index in [4.69, 9.17) is 4.84 Å². The molecule has 0 aromatic carbocycles. The second-order valence-electron chi connectivity index (χ2n) is 6.77. The van der Waals surface area contributed by atoms with Crippen molar-refractivity contribution in [2.45, 2.75) is 56.7 Å². The summed E-state index contributed by atoms with van der Waals surface area (Å²) in [6, 6.07) is -1.99. The summed E-state index contributed by atoms with van der Waals surface area (Å²) in [5, 5.41) is 3.89. The van der Waals surface area contributed by atoms with Crippen LogP contribution in [-0.2, 0) is 24.3 Å². The van der Waals surface area contributed by atoms with Gasteiger partial charge in [0.1, 0.15) is 6.04 Å². The van der Waals surface area contributed by atoms with Crippen LogP contribution in [0.5, 0.6) is 0 Å². The minimum Gasteiger partial charge on any atom is -0.724 e. The Balaban J connectivity index is 0.00000261. The zero-order valence-corrected chi connectivity index (χ0v) is 18.1. The Morgan fingerprint density at radius 3 is 2.78 bits per heavy atom. The summed E-state index contributed by atoms with van der Waals surface area (Å²) in [5.41, 5.74) is 2.37. The first kappa shape index (κ1) is 22.8. The summed E-state index contributed by atoms with van der Waals surface area (Å²) < 4.78 is 36.5. The number of carbonyl (C=O) groups excluding carboxylic acids is 2. The molecule has 148 valence electrons. The standard InChI is InChI=1S/C14H24N4O7S.Na/c19-13(16-24-9-10-4-2-1-3-7-15-10)12-6-5-11-8-17(12)14(20)18(11)25-26(21,22)23;/h10-12,15H,1-9H2,(H,16,19)(H,21,22,23);/q;+1/p-1/t10?,11-,12+;/m1./s1. The van der Waals surface area contributed by atoms with Crippen molar-refractivity contribution >= 4 is 22.3 Å². The van der Waals surface area contributed by atoms with Gasteiger partial charge >= 0.3 is 35.6 Å². The third kappa shape index (κ3) is 6.00. The Labute approximate surface area is 180 Å². The van der Waals surface area contributed by atoms with E-state index in [2.05, 4.69) is 15.1 Å². The van der Waals surface area contributed by atoms with E-state index in [0.29, 0.717) is 24.5 Å². The maximum Gasteiger partial charge on any atom is 1.00 e. The predicted molar refractivity (Wildman–Crippen MR) is 85.9 cm³/mol. The van der Waals surface area contributed by atoms with Gasteiger partial charge in [-0.1, -0.05) is 12.8 Å². The van der Waals surface area contributed by atoms with E-state index in [1.54, 1.807) is 0 Å². The van der Waals surface area contributed by atoms with Gasteiger partial charge in [0.15, 0.2) is 0 Å². The van der Waals surface area contributed by atoms with Crippen LogP contribution in [0.15, 0.2) is 0 Å². The fraction of sp³-hybridized carbons (Fsp3) is 0.857. The Morgan fingerprint density at radius 2 is 2.04 bits per heavy atom. The average Bonchev–Trinajstić information content (AvgIpc) is 2.78. The Morgan fingerprint density at radius 1 is 1.26 bits per heavy atom. The molecule has 27 heavy (non-hydrogen) atoms. The maximum atomic E-state index is 12.3. The largest absolute Gasteiger partial charge is 1.00 e. The SMILES string of the molecule is O=C(NOCC1CCCCCN1)[C@@H]1CC[C@@H]2CN1C(=O)N2OS(=O)(=O)[O-].[Na+]. The van der Waals surface area contributed by atoms with Crippen molar-refractivity contribution in [3.8, 4) is 0 Å². The molecule has 3 aliphatic heterocycles. The van der Waals surface area contributed by atoms with Crippen molar-refractivity contribution in [2.24, 2.45) is 0 Å². The van der Waals surface area contributed by atoms with Crippen LogP contribution in [0.3, 0.4) is 0 Å². The molecule has 0 aromatic heterocycles. The third-order valence-electron chi connectivity index (χ3n) is 4.92. The topological polar surface area (TPSA) is 140 Å². The van der Waals surface area contributed by atoms with Gasteiger partial charge in [-0.2, -0.15) is 9.35 Å². The zero-order valence-electron chi connectivity index (χ0n) is 15.3. The molecule has 3 atom stereocenters. The number of rotatable bonds is 6. The zero-order chi connectivity index (χ0) is 18.7. The number of carbonyl (C=O) groups is 2. The summed E-state index contributed by atoms with van der Waals surface area (Å²) in [4.78, 5) is 31.1. The van der Waals surface area contributed by atoms with Crippen molar-refractivity contribution in [2.75, 3.05) is 19.7 Å². The monoisotopic (exact) mass is 414 g/mol. The van der Waals surface area contributed by atoms with Gasteiger partial charge in [0, 0.05) is 12.6 Å². The van der Waals surface area contributed by atoms with E-state index in [0.717, 1.165) is 25.8 Å². The number of fused-ring (bicyclic) bond motifs is 2. The number of nitrogens with one attached hydrogen (secondary N) is 2. The summed E-state index contributed by atoms with van der Waals surface area (Å²) in [7, 11) is -5.05. The van der Waals surface area contributed by atoms with E-state index in [1.165, 1.54) is 11.3 Å². The van der Waals surface area contributed by atoms with Gasteiger partial charge in [-0.3, -0.25) is 9.63 Å². The molecule has 0 saturated carbocycles. The van der Waals surface area contributed by atoms with Gasteiger partial charge in [0.25, 0.3) is 5.91 Å². The number of amides is 3. The summed E-state index contributed by atoms with van der Waals surface area (Å²) in [5.74, 6) is -0.475. The van der Waals surface area contributed by atoms with E-state index in [1.807, 2.05) is 0 Å². The number of hydroxylamine groups is 3. The fourth-order valence-corrected chi connectivity index (χ4v) is 4.01. The van der Waals surface area contributed by atoms with E-state index < -0.39 is 34.4 Å². The maximum absolute atomic E-state index is 12.3. The molecule has 0 aliphatic carbocycles. The second kappa shape index (κ2) is 9.83. The number of piperidine rings is 1. The molecule has 2 N–H and O–H groups in total. The average molecular weight is 414 g/mol. The minimum absolute atomic E-state index is 0. The van der Waals surface area contributed by atoms with Crippen molar-refractivity contribution in [3.05, 3.63) is 0 Å². The predicted octanol–water partition coefficient (Wildman–Crippen LogP) is -3.77. The van der Waals surface area contributed by atoms with E-state index in [-0.39, 0.29) is 42.1 Å². The molecule has 3 amide bonds. The molecule has 0 spiro atoms. The van der Waals surface area contributed by atoms with Gasteiger partial charge in [0.05, 0.1) is 12.6 Å². The first-order valence-corrected chi connectivity index (χ1v) is 10.1. The molecule has 2 bridgehead atoms. The molecule has 3 fully saturated rings. The number of hydrogen-bond acceptors (Lipinski definition) is 8. The van der Waals surface area contributed by atoms with Gasteiger partial charge in [-0.25, -0.2) is 18.7 Å². The Kier molecular flexibility index (Phi) is 8.31. The van der Waals surface area contributed by atoms with Crippen LogP contribution in [0.2, 0.25) is 0 Å². The molecular weight excluding hydrogens is 391 g/mol. The van der Waals surface area contributed by atoms with Crippen LogP contribution < -0.4 is 40.4 Å². The van der Waals surface area contributed by atoms with Gasteiger partial charge in [0.2, 0.25) is 10.4 Å². The van der Waals surface area contributed by atoms with Crippen molar-refractivity contribution in [1.29, 1.82) is 0 Å². The van der Waals surface area contributed by atoms with Crippen LogP contribution in [-0.4, -0.2) is 72.7 Å². The van der Waals surface area contributed by atoms with Crippen LogP contribution in [0.1, 0.15) is 38.5 Å². The van der Waals surface area contributed by atoms with Crippen LogP contribution in [0.4, 0.5) is 4.79 Å². The molecule has 3 aliphatic rings. The minimum atomic E-state index is -5.05. The normalized spacial score (nSPS) is 28.5. The van der Waals surface area contributed by atoms with Gasteiger partial charge in [-0.15, -0.1) is 0 Å². The smallest absolute Gasteiger partial charge is 0.724 e. The molecule has 3 saturated heterocycles. The van der Waals surface area contributed by atoms with Crippen LogP contribution in [0.25, 0.3) is 0 Å². The molecule has 13 heteroatoms. The third-order valence-corrected chi connectivity index (χ3v) is 5.26. The molecule has 0 radical (unpaired) electrons. The van der Waals surface area contributed by atoms with E-state index in [9.17, 15) is 22.6 Å².